The molecule has 1 saturated carbocycles. The highest BCUT2D eigenvalue weighted by Crippen LogP contribution is 2.32. The Morgan fingerprint density at radius 2 is 2.07 bits per heavy atom. The zero-order chi connectivity index (χ0) is 19.1. The zero-order valence-electron chi connectivity index (χ0n) is 16.8. The van der Waals surface area contributed by atoms with Gasteiger partial charge in [0.1, 0.15) is 0 Å². The van der Waals surface area contributed by atoms with Gasteiger partial charge in [0.25, 0.3) is 0 Å². The predicted octanol–water partition coefficient (Wildman–Crippen LogP) is 2.87. The fraction of sp³-hybridized carbons (Fsp3) is 0.682. The van der Waals surface area contributed by atoms with E-state index in [1.54, 1.807) is 0 Å². The summed E-state index contributed by atoms with van der Waals surface area (Å²) in [6.45, 7) is 8.78. The summed E-state index contributed by atoms with van der Waals surface area (Å²) in [5.74, 6) is 2.81. The average molecular weight is 374 g/mol. The molecule has 27 heavy (non-hydrogen) atoms. The van der Waals surface area contributed by atoms with E-state index in [9.17, 15) is 5.11 Å². The van der Waals surface area contributed by atoms with Crippen molar-refractivity contribution in [2.24, 2.45) is 16.8 Å². The average Bonchev–Trinajstić information content (AvgIpc) is 3.50. The lowest BCUT2D eigenvalue weighted by molar-refractivity contribution is 0.0367. The quantitative estimate of drug-likeness (QED) is 0.543. The highest BCUT2D eigenvalue weighted by atomic mass is 16.5. The van der Waals surface area contributed by atoms with E-state index in [4.69, 9.17) is 4.74 Å². The molecule has 150 valence electrons. The van der Waals surface area contributed by atoms with Gasteiger partial charge in [-0.1, -0.05) is 37.3 Å². The van der Waals surface area contributed by atoms with Crippen LogP contribution in [0.15, 0.2) is 35.3 Å². The molecule has 3 rings (SSSR count). The van der Waals surface area contributed by atoms with Crippen molar-refractivity contribution in [1.82, 2.24) is 10.2 Å². The van der Waals surface area contributed by atoms with Gasteiger partial charge in [0.15, 0.2) is 5.96 Å². The second-order valence-corrected chi connectivity index (χ2v) is 8.06. The third-order valence-electron chi connectivity index (χ3n) is 5.58. The van der Waals surface area contributed by atoms with Crippen LogP contribution in [0.1, 0.15) is 44.6 Å². The molecule has 3 unspecified atom stereocenters. The van der Waals surface area contributed by atoms with Crippen molar-refractivity contribution in [1.29, 1.82) is 0 Å². The lowest BCUT2D eigenvalue weighted by Crippen LogP contribution is -2.48. The molecule has 0 radical (unpaired) electrons. The van der Waals surface area contributed by atoms with Gasteiger partial charge in [0, 0.05) is 26.2 Å². The Morgan fingerprint density at radius 3 is 2.74 bits per heavy atom. The van der Waals surface area contributed by atoms with Gasteiger partial charge in [-0.3, -0.25) is 4.99 Å². The number of hydrogen-bond acceptors (Lipinski definition) is 3. The molecular weight excluding hydrogens is 338 g/mol. The highest BCUT2D eigenvalue weighted by Gasteiger charge is 2.28. The van der Waals surface area contributed by atoms with Crippen LogP contribution >= 0.6 is 0 Å². The van der Waals surface area contributed by atoms with Crippen LogP contribution in [0, 0.1) is 11.8 Å². The van der Waals surface area contributed by atoms with Crippen LogP contribution in [-0.4, -0.2) is 61.5 Å². The number of benzene rings is 1. The number of guanidine groups is 1. The summed E-state index contributed by atoms with van der Waals surface area (Å²) in [4.78, 5) is 7.02. The fourth-order valence-electron chi connectivity index (χ4n) is 3.86. The number of likely N-dealkylation sites (tertiary alicyclic amines) is 1. The maximum atomic E-state index is 10.2. The molecule has 1 heterocycles. The SMILES string of the molecule is CCNC(=NCC(O)COCC1CC1)N1CCC(c2ccccc2)C(C)C1. The summed E-state index contributed by atoms with van der Waals surface area (Å²) in [5, 5.41) is 13.6. The van der Waals surface area contributed by atoms with E-state index in [1.807, 2.05) is 0 Å². The standard InChI is InChI=1S/C22H35N3O2/c1-3-23-22(24-13-20(26)16-27-15-18-9-10-18)25-12-11-21(17(2)14-25)19-7-5-4-6-8-19/h4-8,17-18,20-21,26H,3,9-16H2,1-2H3,(H,23,24). The van der Waals surface area contributed by atoms with Crippen LogP contribution in [0.2, 0.25) is 0 Å². The number of nitrogens with one attached hydrogen (secondary N) is 1. The molecular formula is C22H35N3O2. The Morgan fingerprint density at radius 1 is 1.30 bits per heavy atom. The minimum atomic E-state index is -0.531. The molecule has 1 aromatic rings. The van der Waals surface area contributed by atoms with Gasteiger partial charge in [-0.2, -0.15) is 0 Å². The summed E-state index contributed by atoms with van der Waals surface area (Å²) in [6.07, 6.45) is 3.14. The summed E-state index contributed by atoms with van der Waals surface area (Å²) in [5.41, 5.74) is 1.44. The fourth-order valence-corrected chi connectivity index (χ4v) is 3.86. The minimum absolute atomic E-state index is 0.381. The number of ether oxygens (including phenoxy) is 1. The zero-order valence-corrected chi connectivity index (χ0v) is 16.8. The first kappa shape index (κ1) is 20.2. The molecule has 5 nitrogen and oxygen atoms in total. The van der Waals surface area contributed by atoms with Crippen molar-refractivity contribution in [3.63, 3.8) is 0 Å². The molecule has 0 bridgehead atoms. The normalized spacial score (nSPS) is 24.7. The van der Waals surface area contributed by atoms with Crippen molar-refractivity contribution in [2.75, 3.05) is 39.4 Å². The van der Waals surface area contributed by atoms with Crippen molar-refractivity contribution in [3.8, 4) is 0 Å². The molecule has 1 saturated heterocycles. The number of nitrogens with zero attached hydrogens (tertiary/aromatic N) is 2. The molecule has 0 amide bonds. The molecule has 1 aliphatic carbocycles. The van der Waals surface area contributed by atoms with Gasteiger partial charge in [-0.05, 0) is 49.5 Å². The molecule has 2 N–H and O–H groups in total. The summed E-state index contributed by atoms with van der Waals surface area (Å²) < 4.78 is 5.58. The van der Waals surface area contributed by atoms with Gasteiger partial charge >= 0.3 is 0 Å². The largest absolute Gasteiger partial charge is 0.389 e. The van der Waals surface area contributed by atoms with E-state index < -0.39 is 6.10 Å². The molecule has 0 aromatic heterocycles. The number of aliphatic hydroxyl groups excluding tert-OH is 1. The van der Waals surface area contributed by atoms with Crippen molar-refractivity contribution >= 4 is 5.96 Å². The minimum Gasteiger partial charge on any atom is -0.389 e. The smallest absolute Gasteiger partial charge is 0.194 e. The second-order valence-electron chi connectivity index (χ2n) is 8.06. The molecule has 2 fully saturated rings. The molecule has 5 heteroatoms. The highest BCUT2D eigenvalue weighted by molar-refractivity contribution is 5.80. The van der Waals surface area contributed by atoms with Crippen LogP contribution in [0.5, 0.6) is 0 Å². The van der Waals surface area contributed by atoms with Crippen LogP contribution in [-0.2, 0) is 4.74 Å². The Balaban J connectivity index is 1.51. The van der Waals surface area contributed by atoms with E-state index in [1.165, 1.54) is 18.4 Å². The van der Waals surface area contributed by atoms with Crippen LogP contribution < -0.4 is 5.32 Å². The van der Waals surface area contributed by atoms with Gasteiger partial charge in [-0.25, -0.2) is 0 Å². The Hall–Kier alpha value is -1.59. The van der Waals surface area contributed by atoms with Crippen LogP contribution in [0.25, 0.3) is 0 Å². The topological polar surface area (TPSA) is 57.1 Å². The number of aliphatic imine (C=N–C) groups is 1. The molecule has 1 aromatic carbocycles. The Bertz CT molecular complexity index is 588. The first-order valence-corrected chi connectivity index (χ1v) is 10.5. The first-order chi connectivity index (χ1) is 13.2. The van der Waals surface area contributed by atoms with Gasteiger partial charge in [0.2, 0.25) is 0 Å². The summed E-state index contributed by atoms with van der Waals surface area (Å²) >= 11 is 0. The van der Waals surface area contributed by atoms with Crippen LogP contribution in [0.3, 0.4) is 0 Å². The Labute approximate surface area is 163 Å². The van der Waals surface area contributed by atoms with Gasteiger partial charge < -0.3 is 20.1 Å². The number of aliphatic hydroxyl groups is 1. The maximum Gasteiger partial charge on any atom is 0.194 e. The summed E-state index contributed by atoms with van der Waals surface area (Å²) in [7, 11) is 0. The van der Waals surface area contributed by atoms with Gasteiger partial charge in [-0.15, -0.1) is 0 Å². The lowest BCUT2D eigenvalue weighted by atomic mass is 9.82. The molecule has 0 spiro atoms. The maximum absolute atomic E-state index is 10.2. The second kappa shape index (κ2) is 10.1. The van der Waals surface area contributed by atoms with Crippen molar-refractivity contribution in [3.05, 3.63) is 35.9 Å². The van der Waals surface area contributed by atoms with Crippen molar-refractivity contribution < 1.29 is 9.84 Å². The van der Waals surface area contributed by atoms with E-state index >= 15 is 0 Å². The van der Waals surface area contributed by atoms with E-state index in [-0.39, 0.29) is 0 Å². The molecule has 1 aliphatic heterocycles. The third kappa shape index (κ3) is 6.22. The lowest BCUT2D eigenvalue weighted by Gasteiger charge is -2.39. The van der Waals surface area contributed by atoms with E-state index in [2.05, 4.69) is 59.4 Å². The number of hydrogen-bond donors (Lipinski definition) is 2. The van der Waals surface area contributed by atoms with Gasteiger partial charge in [0.05, 0.1) is 19.3 Å². The molecule has 3 atom stereocenters. The number of rotatable bonds is 8. The monoisotopic (exact) mass is 373 g/mol. The third-order valence-corrected chi connectivity index (χ3v) is 5.58. The van der Waals surface area contributed by atoms with Crippen LogP contribution in [0.4, 0.5) is 0 Å². The van der Waals surface area contributed by atoms with E-state index in [0.717, 1.165) is 44.5 Å². The Kier molecular flexibility index (Phi) is 7.53. The van der Waals surface area contributed by atoms with E-state index in [0.29, 0.717) is 25.0 Å². The molecule has 2 aliphatic rings. The van der Waals surface area contributed by atoms with Crippen molar-refractivity contribution in [2.45, 2.75) is 45.1 Å². The first-order valence-electron chi connectivity index (χ1n) is 10.5. The summed E-state index contributed by atoms with van der Waals surface area (Å²) in [6, 6.07) is 10.8. The number of piperidine rings is 1. The predicted molar refractivity (Wildman–Crippen MR) is 110 cm³/mol.